The summed E-state index contributed by atoms with van der Waals surface area (Å²) in [5, 5.41) is 17.6. The lowest BCUT2D eigenvalue weighted by atomic mass is 10.0. The molecule has 3 N–H and O–H groups in total. The fourth-order valence-corrected chi connectivity index (χ4v) is 1.07. The summed E-state index contributed by atoms with van der Waals surface area (Å²) >= 11 is 0. The summed E-state index contributed by atoms with van der Waals surface area (Å²) < 4.78 is 37.4. The van der Waals surface area contributed by atoms with E-state index in [9.17, 15) is 13.2 Å². The predicted molar refractivity (Wildman–Crippen MR) is 45.7 cm³/mol. The quantitative estimate of drug-likeness (QED) is 0.789. The Morgan fingerprint density at radius 3 is 2.47 bits per heavy atom. The summed E-state index contributed by atoms with van der Waals surface area (Å²) in [6.45, 7) is 0. The molecule has 1 atom stereocenters. The van der Waals surface area contributed by atoms with Crippen LogP contribution < -0.4 is 5.73 Å². The van der Waals surface area contributed by atoms with Crippen molar-refractivity contribution in [3.8, 4) is 11.8 Å². The monoisotopic (exact) mass is 216 g/mol. The summed E-state index contributed by atoms with van der Waals surface area (Å²) in [4.78, 5) is 0. The first-order valence-corrected chi connectivity index (χ1v) is 3.93. The van der Waals surface area contributed by atoms with Crippen LogP contribution in [0.5, 0.6) is 5.75 Å². The molecule has 80 valence electrons. The van der Waals surface area contributed by atoms with Gasteiger partial charge in [0.15, 0.2) is 11.6 Å². The molecule has 0 radical (unpaired) electrons. The van der Waals surface area contributed by atoms with Gasteiger partial charge in [0, 0.05) is 5.56 Å². The van der Waals surface area contributed by atoms with Crippen molar-refractivity contribution < 1.29 is 18.3 Å². The Hall–Kier alpha value is -1.74. The van der Waals surface area contributed by atoms with E-state index in [2.05, 4.69) is 0 Å². The predicted octanol–water partition coefficient (Wildman–Crippen LogP) is 1.67. The Balaban J connectivity index is 3.29. The second-order valence-electron chi connectivity index (χ2n) is 2.87. The molecule has 0 amide bonds. The normalized spacial score (nSPS) is 12.5. The molecule has 1 rings (SSSR count). The highest BCUT2D eigenvalue weighted by atomic mass is 19.3. The third-order valence-corrected chi connectivity index (χ3v) is 1.85. The number of nitrogens with zero attached hydrogens (tertiary/aromatic N) is 1. The number of hydrogen-bond acceptors (Lipinski definition) is 3. The molecule has 1 aromatic rings. The van der Waals surface area contributed by atoms with E-state index in [1.54, 1.807) is 6.07 Å². The third-order valence-electron chi connectivity index (χ3n) is 1.85. The maximum Gasteiger partial charge on any atom is 0.257 e. The first kappa shape index (κ1) is 11.3. The van der Waals surface area contributed by atoms with Crippen LogP contribution in [0.25, 0.3) is 0 Å². The molecule has 0 aliphatic carbocycles. The number of hydrogen-bond donors (Lipinski definition) is 2. The largest absolute Gasteiger partial charge is 0.505 e. The number of phenols is 1. The van der Waals surface area contributed by atoms with Gasteiger partial charge in [-0.3, -0.25) is 0 Å². The molecule has 0 aliphatic heterocycles. The standard InChI is InChI=1S/C9H7F3N2O/c10-6-2-4(3-13)1-5(8(6)15)7(14)9(11)12/h1-2,7,9,15H,14H2/t7-/m1/s1. The molecule has 0 saturated carbocycles. The number of rotatable bonds is 2. The van der Waals surface area contributed by atoms with E-state index in [4.69, 9.17) is 16.1 Å². The molecule has 0 fully saturated rings. The highest BCUT2D eigenvalue weighted by molar-refractivity contribution is 5.44. The zero-order valence-electron chi connectivity index (χ0n) is 7.42. The van der Waals surface area contributed by atoms with E-state index < -0.39 is 29.6 Å². The van der Waals surface area contributed by atoms with Crippen molar-refractivity contribution >= 4 is 0 Å². The molecule has 0 bridgehead atoms. The second-order valence-corrected chi connectivity index (χ2v) is 2.87. The molecule has 3 nitrogen and oxygen atoms in total. The number of phenolic OH excluding ortho intramolecular Hbond substituents is 1. The summed E-state index contributed by atoms with van der Waals surface area (Å²) in [5.41, 5.74) is 4.40. The molecule has 0 unspecified atom stereocenters. The molecular formula is C9H7F3N2O. The van der Waals surface area contributed by atoms with E-state index in [1.165, 1.54) is 0 Å². The SMILES string of the molecule is N#Cc1cc(F)c(O)c([C@@H](N)C(F)F)c1. The molecule has 1 aromatic carbocycles. The van der Waals surface area contributed by atoms with Gasteiger partial charge in [-0.15, -0.1) is 0 Å². The Kier molecular flexibility index (Phi) is 3.17. The molecule has 0 aromatic heterocycles. The first-order valence-electron chi connectivity index (χ1n) is 3.93. The number of nitrogens with two attached hydrogens (primary N) is 1. The lowest BCUT2D eigenvalue weighted by Crippen LogP contribution is -2.19. The zero-order valence-corrected chi connectivity index (χ0v) is 7.42. The topological polar surface area (TPSA) is 70.0 Å². The summed E-state index contributed by atoms with van der Waals surface area (Å²) in [6.07, 6.45) is -2.94. The van der Waals surface area contributed by atoms with E-state index >= 15 is 0 Å². The van der Waals surface area contributed by atoms with Gasteiger partial charge in [0.05, 0.1) is 17.7 Å². The smallest absolute Gasteiger partial charge is 0.257 e. The van der Waals surface area contributed by atoms with Gasteiger partial charge in [0.2, 0.25) is 0 Å². The van der Waals surface area contributed by atoms with E-state index in [-0.39, 0.29) is 5.56 Å². The first-order chi connectivity index (χ1) is 6.97. The summed E-state index contributed by atoms with van der Waals surface area (Å²) in [6, 6.07) is 1.45. The van der Waals surface area contributed by atoms with Gasteiger partial charge in [-0.2, -0.15) is 5.26 Å². The lowest BCUT2D eigenvalue weighted by Gasteiger charge is -2.13. The molecular weight excluding hydrogens is 209 g/mol. The van der Waals surface area contributed by atoms with Crippen molar-refractivity contribution in [2.45, 2.75) is 12.5 Å². The van der Waals surface area contributed by atoms with E-state index in [0.29, 0.717) is 0 Å². The van der Waals surface area contributed by atoms with Crippen LogP contribution in [0, 0.1) is 17.1 Å². The minimum atomic E-state index is -2.94. The van der Waals surface area contributed by atoms with Crippen LogP contribution in [-0.4, -0.2) is 11.5 Å². The Morgan fingerprint density at radius 1 is 1.40 bits per heavy atom. The van der Waals surface area contributed by atoms with Gasteiger partial charge in [-0.25, -0.2) is 13.2 Å². The Morgan fingerprint density at radius 2 is 2.00 bits per heavy atom. The minimum Gasteiger partial charge on any atom is -0.505 e. The van der Waals surface area contributed by atoms with Crippen LogP contribution in [0.3, 0.4) is 0 Å². The molecule has 15 heavy (non-hydrogen) atoms. The molecule has 0 spiro atoms. The second kappa shape index (κ2) is 4.19. The Labute approximate surface area is 83.5 Å². The highest BCUT2D eigenvalue weighted by Crippen LogP contribution is 2.30. The maximum atomic E-state index is 12.9. The van der Waals surface area contributed by atoms with Gasteiger partial charge in [0.1, 0.15) is 0 Å². The van der Waals surface area contributed by atoms with Crippen LogP contribution in [0.2, 0.25) is 0 Å². The van der Waals surface area contributed by atoms with Crippen LogP contribution >= 0.6 is 0 Å². The van der Waals surface area contributed by atoms with Gasteiger partial charge >= 0.3 is 0 Å². The van der Waals surface area contributed by atoms with Gasteiger partial charge < -0.3 is 10.8 Å². The number of benzene rings is 1. The summed E-state index contributed by atoms with van der Waals surface area (Å²) in [5.74, 6) is -2.08. The Bertz CT molecular complexity index is 415. The van der Waals surface area contributed by atoms with Crippen molar-refractivity contribution in [1.29, 1.82) is 5.26 Å². The fourth-order valence-electron chi connectivity index (χ4n) is 1.07. The van der Waals surface area contributed by atoms with Crippen LogP contribution in [0.4, 0.5) is 13.2 Å². The minimum absolute atomic E-state index is 0.170. The molecule has 0 aliphatic rings. The number of aromatic hydroxyl groups is 1. The van der Waals surface area contributed by atoms with Crippen molar-refractivity contribution in [3.63, 3.8) is 0 Å². The maximum absolute atomic E-state index is 12.9. The summed E-state index contributed by atoms with van der Waals surface area (Å²) in [7, 11) is 0. The van der Waals surface area contributed by atoms with Crippen LogP contribution in [0.1, 0.15) is 17.2 Å². The highest BCUT2D eigenvalue weighted by Gasteiger charge is 2.23. The number of alkyl halides is 2. The number of nitriles is 1. The van der Waals surface area contributed by atoms with Gasteiger partial charge in [0.25, 0.3) is 6.43 Å². The van der Waals surface area contributed by atoms with Gasteiger partial charge in [-0.05, 0) is 12.1 Å². The van der Waals surface area contributed by atoms with Gasteiger partial charge in [-0.1, -0.05) is 0 Å². The van der Waals surface area contributed by atoms with Crippen molar-refractivity contribution in [3.05, 3.63) is 29.1 Å². The fraction of sp³-hybridized carbons (Fsp3) is 0.222. The molecule has 6 heteroatoms. The average molecular weight is 216 g/mol. The molecule has 0 saturated heterocycles. The lowest BCUT2D eigenvalue weighted by molar-refractivity contribution is 0.115. The van der Waals surface area contributed by atoms with Crippen LogP contribution in [0.15, 0.2) is 12.1 Å². The molecule has 0 heterocycles. The van der Waals surface area contributed by atoms with E-state index in [0.717, 1.165) is 12.1 Å². The average Bonchev–Trinajstić information content (AvgIpc) is 2.20. The zero-order chi connectivity index (χ0) is 11.6. The van der Waals surface area contributed by atoms with Crippen molar-refractivity contribution in [2.24, 2.45) is 5.73 Å². The third kappa shape index (κ3) is 2.19. The van der Waals surface area contributed by atoms with E-state index in [1.807, 2.05) is 0 Å². The van der Waals surface area contributed by atoms with Crippen molar-refractivity contribution in [1.82, 2.24) is 0 Å². The van der Waals surface area contributed by atoms with Crippen LogP contribution in [-0.2, 0) is 0 Å². The van der Waals surface area contributed by atoms with Crippen molar-refractivity contribution in [2.75, 3.05) is 0 Å². The number of halogens is 3.